The number of alkyl halides is 1. The summed E-state index contributed by atoms with van der Waals surface area (Å²) in [5.41, 5.74) is 2.65. The van der Waals surface area contributed by atoms with E-state index in [1.807, 2.05) is 42.7 Å². The first kappa shape index (κ1) is 19.8. The minimum atomic E-state index is 0.128. The van der Waals surface area contributed by atoms with Gasteiger partial charge in [-0.25, -0.2) is 0 Å². The largest absolute Gasteiger partial charge is 0.507 e. The third-order valence-corrected chi connectivity index (χ3v) is 6.99. The fourth-order valence-electron chi connectivity index (χ4n) is 4.54. The zero-order valence-corrected chi connectivity index (χ0v) is 18.5. The van der Waals surface area contributed by atoms with E-state index >= 15 is 0 Å². The number of halogens is 1. The normalized spacial score (nSPS) is 15.5. The molecule has 4 aromatic carbocycles. The first-order valence-corrected chi connectivity index (χ1v) is 11.4. The van der Waals surface area contributed by atoms with Crippen molar-refractivity contribution >= 4 is 48.2 Å². The quantitative estimate of drug-likeness (QED) is 0.182. The Bertz CT molecular complexity index is 1350. The summed E-state index contributed by atoms with van der Waals surface area (Å²) in [7, 11) is 0. The van der Waals surface area contributed by atoms with Gasteiger partial charge in [-0.3, -0.25) is 4.98 Å². The molecule has 2 N–H and O–H groups in total. The molecule has 1 unspecified atom stereocenters. The Labute approximate surface area is 189 Å². The zero-order chi connectivity index (χ0) is 21.4. The lowest BCUT2D eigenvalue weighted by atomic mass is 9.86. The van der Waals surface area contributed by atoms with Crippen LogP contribution in [0.2, 0.25) is 0 Å². The second-order valence-electron chi connectivity index (χ2n) is 7.91. The lowest BCUT2D eigenvalue weighted by Gasteiger charge is -2.23. The average molecular weight is 472 g/mol. The minimum Gasteiger partial charge on any atom is -0.507 e. The molecule has 1 aliphatic carbocycles. The van der Waals surface area contributed by atoms with Crippen molar-refractivity contribution in [2.75, 3.05) is 0 Å². The Kier molecular flexibility index (Phi) is 5.24. The Morgan fingerprint density at radius 3 is 2.48 bits per heavy atom. The number of aromatic hydroxyl groups is 2. The average Bonchev–Trinajstić information content (AvgIpc) is 2.80. The number of rotatable bonds is 0. The van der Waals surface area contributed by atoms with Gasteiger partial charge in [0.25, 0.3) is 0 Å². The van der Waals surface area contributed by atoms with Gasteiger partial charge < -0.3 is 10.2 Å². The molecular formula is C27H22BrNO2. The standard InChI is InChI=1S/C18H15BrO2.C9H7N/c19-15-5-1-3-10-12(15)8-7-11-13-4-2-6-16(20)18(13)17(21)9-14(10)11;1-2-4-9-7-10-6-5-8(9)3-1/h2,4,6-9,15,20-21H,1,3,5H2;1-7H. The van der Waals surface area contributed by atoms with E-state index in [0.29, 0.717) is 10.2 Å². The third kappa shape index (κ3) is 3.61. The first-order chi connectivity index (χ1) is 15.1. The number of hydrogen-bond acceptors (Lipinski definition) is 3. The van der Waals surface area contributed by atoms with Gasteiger partial charge in [0, 0.05) is 17.2 Å². The molecule has 3 nitrogen and oxygen atoms in total. The summed E-state index contributed by atoms with van der Waals surface area (Å²) in [5, 5.41) is 26.5. The van der Waals surface area contributed by atoms with E-state index in [-0.39, 0.29) is 11.5 Å². The highest BCUT2D eigenvalue weighted by molar-refractivity contribution is 9.09. The number of phenolic OH excluding ortho intramolecular Hbond substituents is 2. The molecule has 1 atom stereocenters. The maximum absolute atomic E-state index is 10.3. The molecule has 5 aromatic rings. The molecule has 4 heteroatoms. The molecule has 0 aliphatic heterocycles. The summed E-state index contributed by atoms with van der Waals surface area (Å²) in [6.45, 7) is 0. The monoisotopic (exact) mass is 471 g/mol. The highest BCUT2D eigenvalue weighted by atomic mass is 79.9. The van der Waals surface area contributed by atoms with Crippen molar-refractivity contribution in [2.45, 2.75) is 24.1 Å². The highest BCUT2D eigenvalue weighted by Crippen LogP contribution is 2.44. The van der Waals surface area contributed by atoms with Crippen molar-refractivity contribution in [1.29, 1.82) is 0 Å². The molecule has 1 heterocycles. The van der Waals surface area contributed by atoms with Crippen molar-refractivity contribution < 1.29 is 10.2 Å². The Hall–Kier alpha value is -3.11. The molecule has 31 heavy (non-hydrogen) atoms. The van der Waals surface area contributed by atoms with E-state index in [0.717, 1.165) is 35.4 Å². The third-order valence-electron chi connectivity index (χ3n) is 6.03. The summed E-state index contributed by atoms with van der Waals surface area (Å²) in [4.78, 5) is 4.41. The van der Waals surface area contributed by atoms with Crippen molar-refractivity contribution in [2.24, 2.45) is 0 Å². The number of benzene rings is 4. The smallest absolute Gasteiger partial charge is 0.127 e. The summed E-state index contributed by atoms with van der Waals surface area (Å²) in [6.07, 6.45) is 7.02. The lowest BCUT2D eigenvalue weighted by molar-refractivity contribution is 0.464. The molecule has 0 radical (unpaired) electrons. The summed E-state index contributed by atoms with van der Waals surface area (Å²) < 4.78 is 0. The van der Waals surface area contributed by atoms with Crippen molar-refractivity contribution in [3.63, 3.8) is 0 Å². The van der Waals surface area contributed by atoms with Gasteiger partial charge in [-0.15, -0.1) is 0 Å². The van der Waals surface area contributed by atoms with Crippen LogP contribution in [0.5, 0.6) is 11.5 Å². The van der Waals surface area contributed by atoms with Gasteiger partial charge in [-0.05, 0) is 75.5 Å². The van der Waals surface area contributed by atoms with Crippen LogP contribution in [-0.2, 0) is 6.42 Å². The van der Waals surface area contributed by atoms with Crippen molar-refractivity contribution in [3.05, 3.63) is 90.3 Å². The number of hydrogen-bond donors (Lipinski definition) is 2. The van der Waals surface area contributed by atoms with Crippen molar-refractivity contribution in [3.8, 4) is 11.5 Å². The Morgan fingerprint density at radius 2 is 1.65 bits per heavy atom. The first-order valence-electron chi connectivity index (χ1n) is 10.5. The zero-order valence-electron chi connectivity index (χ0n) is 16.9. The van der Waals surface area contributed by atoms with Gasteiger partial charge in [0.1, 0.15) is 11.5 Å². The minimum absolute atomic E-state index is 0.128. The van der Waals surface area contributed by atoms with Crippen LogP contribution >= 0.6 is 15.9 Å². The van der Waals surface area contributed by atoms with Gasteiger partial charge in [-0.2, -0.15) is 0 Å². The van der Waals surface area contributed by atoms with Gasteiger partial charge in [0.2, 0.25) is 0 Å². The maximum Gasteiger partial charge on any atom is 0.127 e. The molecule has 0 spiro atoms. The van der Waals surface area contributed by atoms with Gasteiger partial charge in [-0.1, -0.05) is 64.5 Å². The predicted octanol–water partition coefficient (Wildman–Crippen LogP) is 7.41. The molecule has 0 saturated heterocycles. The molecule has 0 fully saturated rings. The number of phenols is 2. The van der Waals surface area contributed by atoms with Crippen LogP contribution < -0.4 is 0 Å². The molecule has 6 rings (SSSR count). The fourth-order valence-corrected chi connectivity index (χ4v) is 5.29. The van der Waals surface area contributed by atoms with E-state index in [1.165, 1.54) is 21.9 Å². The van der Waals surface area contributed by atoms with Crippen LogP contribution in [0.1, 0.15) is 28.8 Å². The predicted molar refractivity (Wildman–Crippen MR) is 131 cm³/mol. The second kappa shape index (κ2) is 8.20. The summed E-state index contributed by atoms with van der Waals surface area (Å²) >= 11 is 3.75. The van der Waals surface area contributed by atoms with Crippen molar-refractivity contribution in [1.82, 2.24) is 4.98 Å². The Morgan fingerprint density at radius 1 is 0.806 bits per heavy atom. The molecule has 1 aliphatic rings. The van der Waals surface area contributed by atoms with E-state index in [1.54, 1.807) is 12.1 Å². The molecule has 0 amide bonds. The number of aromatic nitrogens is 1. The lowest BCUT2D eigenvalue weighted by Crippen LogP contribution is -2.05. The molecule has 0 saturated carbocycles. The SMILES string of the molecule is Oc1cccc2c1c(O)cc1c3c(ccc12)C(Br)CCC3.c1ccc2cnccc2c1. The van der Waals surface area contributed by atoms with E-state index in [4.69, 9.17) is 0 Å². The second-order valence-corrected chi connectivity index (χ2v) is 9.01. The van der Waals surface area contributed by atoms with Crippen LogP contribution in [-0.4, -0.2) is 15.2 Å². The van der Waals surface area contributed by atoms with E-state index < -0.39 is 0 Å². The molecule has 1 aromatic heterocycles. The Balaban J connectivity index is 0.000000171. The van der Waals surface area contributed by atoms with Crippen LogP contribution in [0.3, 0.4) is 0 Å². The summed E-state index contributed by atoms with van der Waals surface area (Å²) in [6, 6.07) is 21.7. The fraction of sp³-hybridized carbons (Fsp3) is 0.148. The number of nitrogens with zero attached hydrogens (tertiary/aromatic N) is 1. The number of fused-ring (bicyclic) bond motifs is 6. The van der Waals surface area contributed by atoms with Crippen LogP contribution in [0, 0.1) is 0 Å². The van der Waals surface area contributed by atoms with Crippen LogP contribution in [0.15, 0.2) is 79.1 Å². The molecule has 0 bridgehead atoms. The van der Waals surface area contributed by atoms with Crippen LogP contribution in [0.25, 0.3) is 32.3 Å². The molecule has 154 valence electrons. The maximum atomic E-state index is 10.3. The number of pyridine rings is 1. The van der Waals surface area contributed by atoms with Gasteiger partial charge in [0.05, 0.1) is 5.39 Å². The topological polar surface area (TPSA) is 53.4 Å². The van der Waals surface area contributed by atoms with Gasteiger partial charge in [0.15, 0.2) is 0 Å². The highest BCUT2D eigenvalue weighted by Gasteiger charge is 2.21. The van der Waals surface area contributed by atoms with Crippen LogP contribution in [0.4, 0.5) is 0 Å². The van der Waals surface area contributed by atoms with E-state index in [2.05, 4.69) is 45.2 Å². The number of aryl methyl sites for hydroxylation is 1. The molecular weight excluding hydrogens is 450 g/mol. The summed E-state index contributed by atoms with van der Waals surface area (Å²) in [5.74, 6) is 0.281. The van der Waals surface area contributed by atoms with Gasteiger partial charge >= 0.3 is 0 Å². The van der Waals surface area contributed by atoms with E-state index in [9.17, 15) is 10.2 Å².